The van der Waals surface area contributed by atoms with Crippen LogP contribution in [0.4, 0.5) is 5.69 Å². The van der Waals surface area contributed by atoms with E-state index in [1.807, 2.05) is 48.5 Å². The molecule has 1 amide bonds. The molecule has 0 aliphatic heterocycles. The van der Waals surface area contributed by atoms with Gasteiger partial charge in [-0.25, -0.2) is 13.4 Å². The number of sulfonamides is 1. The number of benzene rings is 2. The third-order valence-corrected chi connectivity index (χ3v) is 6.31. The van der Waals surface area contributed by atoms with Gasteiger partial charge in [0.05, 0.1) is 28.7 Å². The number of anilines is 1. The number of pyridine rings is 1. The third-order valence-electron chi connectivity index (χ3n) is 5.73. The minimum atomic E-state index is -3.64. The van der Waals surface area contributed by atoms with Crippen LogP contribution >= 0.6 is 0 Å². The molecule has 0 radical (unpaired) electrons. The summed E-state index contributed by atoms with van der Waals surface area (Å²) in [6.07, 6.45) is 6.95. The smallest absolute Gasteiger partial charge is 0.254 e. The Labute approximate surface area is 183 Å². The fourth-order valence-corrected chi connectivity index (χ4v) is 4.82. The van der Waals surface area contributed by atoms with Crippen LogP contribution in [0, 0.1) is 5.92 Å². The number of hydrogen-bond donors (Lipinski definition) is 2. The minimum absolute atomic E-state index is 0.216. The van der Waals surface area contributed by atoms with Crippen LogP contribution < -0.4 is 10.0 Å². The SMILES string of the molecule is CS(=O)(=O)Nc1c(-c2ccccc2)nc2ccccc2c1C(=O)NCC1CCCCC1. The monoisotopic (exact) mass is 437 g/mol. The first-order valence-corrected chi connectivity index (χ1v) is 12.6. The van der Waals surface area contributed by atoms with E-state index < -0.39 is 10.0 Å². The average molecular weight is 438 g/mol. The molecule has 1 fully saturated rings. The summed E-state index contributed by atoms with van der Waals surface area (Å²) < 4.78 is 27.0. The molecule has 2 N–H and O–H groups in total. The molecule has 0 saturated heterocycles. The van der Waals surface area contributed by atoms with Gasteiger partial charge in [-0.3, -0.25) is 9.52 Å². The number of amides is 1. The van der Waals surface area contributed by atoms with Crippen LogP contribution in [-0.2, 0) is 10.0 Å². The fraction of sp³-hybridized carbons (Fsp3) is 0.333. The largest absolute Gasteiger partial charge is 0.352 e. The molecular formula is C24H27N3O3S. The second-order valence-electron chi connectivity index (χ2n) is 8.18. The quantitative estimate of drug-likeness (QED) is 0.591. The molecule has 1 aliphatic rings. The van der Waals surface area contributed by atoms with Crippen LogP contribution in [-0.4, -0.2) is 32.1 Å². The highest BCUT2D eigenvalue weighted by Gasteiger charge is 2.24. The minimum Gasteiger partial charge on any atom is -0.352 e. The van der Waals surface area contributed by atoms with Crippen LogP contribution in [0.25, 0.3) is 22.2 Å². The first-order chi connectivity index (χ1) is 14.9. The average Bonchev–Trinajstić information content (AvgIpc) is 2.77. The molecule has 0 spiro atoms. The van der Waals surface area contributed by atoms with E-state index in [1.54, 1.807) is 6.07 Å². The second-order valence-corrected chi connectivity index (χ2v) is 9.93. The standard InChI is InChI=1S/C24H27N3O3S/c1-31(29,30)27-23-21(24(28)25-16-17-10-4-2-5-11-17)19-14-8-9-15-20(19)26-22(23)18-12-6-3-7-13-18/h3,6-9,12-15,17,27H,2,4-5,10-11,16H2,1H3,(H,25,28). The molecule has 162 valence electrons. The molecule has 1 aliphatic carbocycles. The second kappa shape index (κ2) is 9.06. The van der Waals surface area contributed by atoms with Crippen molar-refractivity contribution < 1.29 is 13.2 Å². The topological polar surface area (TPSA) is 88.2 Å². The van der Waals surface area contributed by atoms with Gasteiger partial charge >= 0.3 is 0 Å². The van der Waals surface area contributed by atoms with Crippen molar-refractivity contribution in [3.63, 3.8) is 0 Å². The van der Waals surface area contributed by atoms with E-state index in [4.69, 9.17) is 4.98 Å². The lowest BCUT2D eigenvalue weighted by Crippen LogP contribution is -2.31. The summed E-state index contributed by atoms with van der Waals surface area (Å²) in [5.74, 6) is 0.179. The van der Waals surface area contributed by atoms with Gasteiger partial charge in [-0.2, -0.15) is 0 Å². The number of aromatic nitrogens is 1. The molecule has 1 heterocycles. The van der Waals surface area contributed by atoms with Gasteiger partial charge < -0.3 is 5.32 Å². The van der Waals surface area contributed by atoms with Gasteiger partial charge in [-0.15, -0.1) is 0 Å². The van der Waals surface area contributed by atoms with Crippen LogP contribution in [0.2, 0.25) is 0 Å². The summed E-state index contributed by atoms with van der Waals surface area (Å²) in [4.78, 5) is 18.1. The number of nitrogens with one attached hydrogen (secondary N) is 2. The molecule has 2 aromatic carbocycles. The van der Waals surface area contributed by atoms with E-state index in [9.17, 15) is 13.2 Å². The van der Waals surface area contributed by atoms with Crippen LogP contribution in [0.1, 0.15) is 42.5 Å². The van der Waals surface area contributed by atoms with Gasteiger partial charge in [-0.05, 0) is 24.8 Å². The summed E-state index contributed by atoms with van der Waals surface area (Å²) in [7, 11) is -3.64. The summed E-state index contributed by atoms with van der Waals surface area (Å²) in [5.41, 5.74) is 2.34. The Balaban J connectivity index is 1.84. The number of para-hydroxylation sites is 1. The molecule has 6 nitrogen and oxygen atoms in total. The molecule has 0 atom stereocenters. The summed E-state index contributed by atoms with van der Waals surface area (Å²) in [6, 6.07) is 16.6. The number of carbonyl (C=O) groups excluding carboxylic acids is 1. The zero-order valence-corrected chi connectivity index (χ0v) is 18.4. The van der Waals surface area contributed by atoms with Gasteiger partial charge in [-0.1, -0.05) is 67.8 Å². The third kappa shape index (κ3) is 5.05. The Morgan fingerprint density at radius 3 is 2.39 bits per heavy atom. The van der Waals surface area contributed by atoms with Crippen LogP contribution in [0.15, 0.2) is 54.6 Å². The predicted molar refractivity (Wildman–Crippen MR) is 125 cm³/mol. The van der Waals surface area contributed by atoms with Gasteiger partial charge in [0, 0.05) is 17.5 Å². The summed E-state index contributed by atoms with van der Waals surface area (Å²) in [6.45, 7) is 0.592. The Bertz CT molecular complexity index is 1190. The molecule has 1 saturated carbocycles. The van der Waals surface area contributed by atoms with Gasteiger partial charge in [0.25, 0.3) is 5.91 Å². The number of rotatable bonds is 6. The molecule has 1 aromatic heterocycles. The number of hydrogen-bond acceptors (Lipinski definition) is 4. The van der Waals surface area contributed by atoms with Crippen molar-refractivity contribution in [1.82, 2.24) is 10.3 Å². The fourth-order valence-electron chi connectivity index (χ4n) is 4.25. The van der Waals surface area contributed by atoms with Crippen molar-refractivity contribution in [2.45, 2.75) is 32.1 Å². The number of nitrogens with zero attached hydrogens (tertiary/aromatic N) is 1. The number of carbonyl (C=O) groups is 1. The van der Waals surface area contributed by atoms with Crippen molar-refractivity contribution in [2.75, 3.05) is 17.5 Å². The summed E-state index contributed by atoms with van der Waals surface area (Å²) in [5, 5.41) is 3.68. The molecule has 4 rings (SSSR count). The van der Waals surface area contributed by atoms with Gasteiger partial charge in [0.15, 0.2) is 0 Å². The van der Waals surface area contributed by atoms with Crippen LogP contribution in [0.5, 0.6) is 0 Å². The van der Waals surface area contributed by atoms with E-state index in [0.717, 1.165) is 24.7 Å². The van der Waals surface area contributed by atoms with Gasteiger partial charge in [0.2, 0.25) is 10.0 Å². The van der Waals surface area contributed by atoms with E-state index in [2.05, 4.69) is 10.0 Å². The summed E-state index contributed by atoms with van der Waals surface area (Å²) >= 11 is 0. The lowest BCUT2D eigenvalue weighted by Gasteiger charge is -2.23. The maximum Gasteiger partial charge on any atom is 0.254 e. The Morgan fingerprint density at radius 2 is 1.68 bits per heavy atom. The highest BCUT2D eigenvalue weighted by atomic mass is 32.2. The van der Waals surface area contributed by atoms with E-state index in [-0.39, 0.29) is 11.6 Å². The highest BCUT2D eigenvalue weighted by molar-refractivity contribution is 7.92. The maximum atomic E-state index is 13.4. The first-order valence-electron chi connectivity index (χ1n) is 10.7. The lowest BCUT2D eigenvalue weighted by molar-refractivity contribution is 0.0946. The highest BCUT2D eigenvalue weighted by Crippen LogP contribution is 2.35. The van der Waals surface area contributed by atoms with Gasteiger partial charge in [0.1, 0.15) is 0 Å². The van der Waals surface area contributed by atoms with Crippen molar-refractivity contribution in [1.29, 1.82) is 0 Å². The van der Waals surface area contributed by atoms with E-state index in [0.29, 0.717) is 34.6 Å². The van der Waals surface area contributed by atoms with E-state index >= 15 is 0 Å². The van der Waals surface area contributed by atoms with Crippen molar-refractivity contribution >= 4 is 32.5 Å². The Hall–Kier alpha value is -2.93. The Morgan fingerprint density at radius 1 is 1.00 bits per heavy atom. The zero-order chi connectivity index (χ0) is 21.8. The molecule has 7 heteroatoms. The zero-order valence-electron chi connectivity index (χ0n) is 17.6. The van der Waals surface area contributed by atoms with E-state index in [1.165, 1.54) is 19.3 Å². The van der Waals surface area contributed by atoms with Crippen molar-refractivity contribution in [3.05, 3.63) is 60.2 Å². The lowest BCUT2D eigenvalue weighted by atomic mass is 9.89. The maximum absolute atomic E-state index is 13.4. The first kappa shape index (κ1) is 21.3. The molecule has 0 unspecified atom stereocenters. The number of fused-ring (bicyclic) bond motifs is 1. The molecule has 31 heavy (non-hydrogen) atoms. The normalized spacial score (nSPS) is 15.0. The van der Waals surface area contributed by atoms with Crippen molar-refractivity contribution in [2.24, 2.45) is 5.92 Å². The predicted octanol–water partition coefficient (Wildman–Crippen LogP) is 4.58. The van der Waals surface area contributed by atoms with Crippen LogP contribution in [0.3, 0.4) is 0 Å². The molecular weight excluding hydrogens is 410 g/mol. The Kier molecular flexibility index (Phi) is 6.23. The molecule has 0 bridgehead atoms. The van der Waals surface area contributed by atoms with Crippen molar-refractivity contribution in [3.8, 4) is 11.3 Å². The molecule has 3 aromatic rings.